The third-order valence-corrected chi connectivity index (χ3v) is 13.5. The monoisotopic (exact) mass is 498 g/mol. The Morgan fingerprint density at radius 2 is 1.74 bits per heavy atom. The molecular formula is C33H54OS. The van der Waals surface area contributed by atoms with Gasteiger partial charge in [0.05, 0.1) is 0 Å². The summed E-state index contributed by atoms with van der Waals surface area (Å²) in [5.41, 5.74) is 2.75. The normalized spacial score (nSPS) is 42.3. The zero-order chi connectivity index (χ0) is 24.8. The molecule has 0 aromatic rings. The predicted octanol–water partition coefficient (Wildman–Crippen LogP) is 9.85. The maximum atomic E-state index is 12.9. The van der Waals surface area contributed by atoms with E-state index in [1.54, 1.807) is 17.3 Å². The summed E-state index contributed by atoms with van der Waals surface area (Å²) in [4.78, 5) is 12.9. The van der Waals surface area contributed by atoms with Crippen molar-refractivity contribution in [1.29, 1.82) is 0 Å². The lowest BCUT2D eigenvalue weighted by Gasteiger charge is -2.58. The van der Waals surface area contributed by atoms with Crippen LogP contribution in [-0.4, -0.2) is 10.4 Å². The van der Waals surface area contributed by atoms with Crippen molar-refractivity contribution < 1.29 is 4.79 Å². The van der Waals surface area contributed by atoms with Crippen molar-refractivity contribution in [3.05, 3.63) is 11.6 Å². The van der Waals surface area contributed by atoms with Gasteiger partial charge in [0, 0.05) is 11.2 Å². The number of allylic oxidation sites excluding steroid dienone is 2. The number of thioether (sulfide) groups is 1. The van der Waals surface area contributed by atoms with Gasteiger partial charge in [-0.25, -0.2) is 0 Å². The Kier molecular flexibility index (Phi) is 7.91. The second kappa shape index (κ2) is 10.5. The summed E-state index contributed by atoms with van der Waals surface area (Å²) in [6.07, 6.45) is 22.8. The largest absolute Gasteiger partial charge is 0.287 e. The Morgan fingerprint density at radius 3 is 2.49 bits per heavy atom. The molecule has 198 valence electrons. The number of carbonyl (C=O) groups is 1. The Morgan fingerprint density at radius 1 is 0.971 bits per heavy atom. The standard InChI is InChI=1S/C33H54OS/c1-22(2)9-8-10-23(3)28-15-16-29-27-14-13-25-21-26(35-31(34)24-11-6-7-12-24)17-19-32(25,4)30(27)18-20-33(28,29)5/h13,22-24,26-30H,6-12,14-21H2,1-5H3/t23-,26+,27-,28+,29-,30-,32+,33+/m1/s1. The van der Waals surface area contributed by atoms with Crippen LogP contribution in [0.1, 0.15) is 131 Å². The first-order valence-electron chi connectivity index (χ1n) is 15.6. The van der Waals surface area contributed by atoms with E-state index < -0.39 is 0 Å². The molecule has 0 saturated heterocycles. The fourth-order valence-corrected chi connectivity index (χ4v) is 11.4. The molecule has 0 radical (unpaired) electrons. The highest BCUT2D eigenvalue weighted by molar-refractivity contribution is 8.14. The first-order chi connectivity index (χ1) is 16.7. The maximum absolute atomic E-state index is 12.9. The zero-order valence-electron chi connectivity index (χ0n) is 23.6. The molecule has 0 unspecified atom stereocenters. The lowest BCUT2D eigenvalue weighted by Crippen LogP contribution is -2.50. The minimum absolute atomic E-state index is 0.372. The Bertz CT molecular complexity index is 793. The molecule has 0 aliphatic heterocycles. The molecule has 5 aliphatic carbocycles. The topological polar surface area (TPSA) is 17.1 Å². The first-order valence-corrected chi connectivity index (χ1v) is 16.5. The van der Waals surface area contributed by atoms with E-state index in [1.807, 2.05) is 0 Å². The van der Waals surface area contributed by atoms with Gasteiger partial charge in [0.1, 0.15) is 0 Å². The molecule has 8 atom stereocenters. The smallest absolute Gasteiger partial charge is 0.192 e. The van der Waals surface area contributed by atoms with Crippen LogP contribution in [0.15, 0.2) is 11.6 Å². The van der Waals surface area contributed by atoms with E-state index in [9.17, 15) is 4.79 Å². The number of hydrogen-bond acceptors (Lipinski definition) is 2. The van der Waals surface area contributed by atoms with E-state index in [4.69, 9.17) is 0 Å². The Balaban J connectivity index is 1.24. The van der Waals surface area contributed by atoms with Gasteiger partial charge in [0.15, 0.2) is 5.12 Å². The second-order valence-corrected chi connectivity index (χ2v) is 15.9. The van der Waals surface area contributed by atoms with Crippen molar-refractivity contribution in [3.63, 3.8) is 0 Å². The van der Waals surface area contributed by atoms with E-state index in [1.165, 1.54) is 83.5 Å². The quantitative estimate of drug-likeness (QED) is 0.325. The van der Waals surface area contributed by atoms with Gasteiger partial charge in [-0.3, -0.25) is 4.79 Å². The van der Waals surface area contributed by atoms with Gasteiger partial charge in [-0.1, -0.05) is 90.1 Å². The van der Waals surface area contributed by atoms with Crippen LogP contribution in [0.2, 0.25) is 0 Å². The van der Waals surface area contributed by atoms with Crippen molar-refractivity contribution in [3.8, 4) is 0 Å². The van der Waals surface area contributed by atoms with Gasteiger partial charge in [-0.2, -0.15) is 0 Å². The third kappa shape index (κ3) is 4.97. The molecule has 5 aliphatic rings. The van der Waals surface area contributed by atoms with E-state index in [0.29, 0.717) is 27.1 Å². The van der Waals surface area contributed by atoms with Gasteiger partial charge >= 0.3 is 0 Å². The number of rotatable bonds is 7. The summed E-state index contributed by atoms with van der Waals surface area (Å²) in [6, 6.07) is 0. The molecule has 4 fully saturated rings. The molecule has 0 spiro atoms. The van der Waals surface area contributed by atoms with Gasteiger partial charge in [0.2, 0.25) is 0 Å². The lowest BCUT2D eigenvalue weighted by atomic mass is 9.47. The van der Waals surface area contributed by atoms with Crippen LogP contribution in [0.4, 0.5) is 0 Å². The zero-order valence-corrected chi connectivity index (χ0v) is 24.4. The molecule has 0 heterocycles. The Labute approximate surface area is 221 Å². The summed E-state index contributed by atoms with van der Waals surface area (Å²) in [6.45, 7) is 12.7. The number of hydrogen-bond donors (Lipinski definition) is 0. The van der Waals surface area contributed by atoms with E-state index in [2.05, 4.69) is 40.7 Å². The molecule has 0 aromatic carbocycles. The second-order valence-electron chi connectivity index (χ2n) is 14.6. The number of carbonyl (C=O) groups excluding carboxylic acids is 1. The molecule has 2 heteroatoms. The molecular weight excluding hydrogens is 444 g/mol. The summed E-state index contributed by atoms with van der Waals surface area (Å²) < 4.78 is 0. The van der Waals surface area contributed by atoms with Crippen molar-refractivity contribution in [2.45, 2.75) is 136 Å². The first kappa shape index (κ1) is 26.4. The third-order valence-electron chi connectivity index (χ3n) is 12.2. The maximum Gasteiger partial charge on any atom is 0.192 e. The average Bonchev–Trinajstić information content (AvgIpc) is 3.47. The molecule has 0 aromatic heterocycles. The molecule has 0 amide bonds. The molecule has 1 nitrogen and oxygen atoms in total. The summed E-state index contributed by atoms with van der Waals surface area (Å²) in [5.74, 6) is 5.83. The van der Waals surface area contributed by atoms with E-state index in [-0.39, 0.29) is 0 Å². The van der Waals surface area contributed by atoms with Crippen LogP contribution in [0.25, 0.3) is 0 Å². The minimum Gasteiger partial charge on any atom is -0.287 e. The molecule has 4 saturated carbocycles. The SMILES string of the molecule is CC(C)CCC[C@@H](C)[C@@H]1CC[C@@H]2[C@H]3CC=C4C[C@@H](SC(=O)C5CCCC5)CC[C@]4(C)[C@@H]3CC[C@]21C. The fourth-order valence-electron chi connectivity index (χ4n) is 10.2. The molecule has 0 N–H and O–H groups in total. The number of fused-ring (bicyclic) bond motifs is 5. The van der Waals surface area contributed by atoms with Gasteiger partial charge < -0.3 is 0 Å². The Hall–Kier alpha value is -0.240. The molecule has 35 heavy (non-hydrogen) atoms. The molecule has 0 bridgehead atoms. The summed E-state index contributed by atoms with van der Waals surface area (Å²) in [5, 5.41) is 1.08. The highest BCUT2D eigenvalue weighted by atomic mass is 32.2. The van der Waals surface area contributed by atoms with E-state index in [0.717, 1.165) is 48.3 Å². The van der Waals surface area contributed by atoms with Gasteiger partial charge in [-0.05, 0) is 111 Å². The van der Waals surface area contributed by atoms with Crippen molar-refractivity contribution in [2.24, 2.45) is 52.3 Å². The van der Waals surface area contributed by atoms with Gasteiger partial charge in [0.25, 0.3) is 0 Å². The van der Waals surface area contributed by atoms with Crippen LogP contribution in [0.3, 0.4) is 0 Å². The van der Waals surface area contributed by atoms with Crippen LogP contribution >= 0.6 is 11.8 Å². The van der Waals surface area contributed by atoms with Gasteiger partial charge in [-0.15, -0.1) is 0 Å². The van der Waals surface area contributed by atoms with Crippen molar-refractivity contribution in [1.82, 2.24) is 0 Å². The van der Waals surface area contributed by atoms with Crippen LogP contribution < -0.4 is 0 Å². The van der Waals surface area contributed by atoms with Crippen LogP contribution in [0, 0.1) is 52.3 Å². The minimum atomic E-state index is 0.372. The predicted molar refractivity (Wildman–Crippen MR) is 151 cm³/mol. The molecule has 5 rings (SSSR count). The summed E-state index contributed by atoms with van der Waals surface area (Å²) in [7, 11) is 0. The summed E-state index contributed by atoms with van der Waals surface area (Å²) >= 11 is 1.75. The lowest BCUT2D eigenvalue weighted by molar-refractivity contribution is -0.114. The van der Waals surface area contributed by atoms with E-state index >= 15 is 0 Å². The van der Waals surface area contributed by atoms with Crippen molar-refractivity contribution >= 4 is 16.9 Å². The highest BCUT2D eigenvalue weighted by Crippen LogP contribution is 2.67. The fraction of sp³-hybridized carbons (Fsp3) is 0.909. The van der Waals surface area contributed by atoms with Crippen LogP contribution in [0.5, 0.6) is 0 Å². The highest BCUT2D eigenvalue weighted by Gasteiger charge is 2.59. The average molecular weight is 499 g/mol. The van der Waals surface area contributed by atoms with Crippen LogP contribution in [-0.2, 0) is 4.79 Å². The van der Waals surface area contributed by atoms with Crippen molar-refractivity contribution in [2.75, 3.05) is 0 Å².